The zero-order valence-electron chi connectivity index (χ0n) is 62.5. The number of phosphoric acid groups is 2. The van der Waals surface area contributed by atoms with Gasteiger partial charge in [0.15, 0.2) is 12.2 Å². The Morgan fingerprint density at radius 2 is 0.500 bits per heavy atom. The van der Waals surface area contributed by atoms with Gasteiger partial charge in [-0.15, -0.1) is 0 Å². The summed E-state index contributed by atoms with van der Waals surface area (Å²) in [7, 11) is -9.91. The maximum Gasteiger partial charge on any atom is 0.472 e. The Bertz CT molecular complexity index is 1840. The summed E-state index contributed by atoms with van der Waals surface area (Å²) in [5.74, 6) is -1.31. The van der Waals surface area contributed by atoms with E-state index in [2.05, 4.69) is 34.6 Å². The van der Waals surface area contributed by atoms with Crippen LogP contribution in [0.4, 0.5) is 0 Å². The van der Waals surface area contributed by atoms with Crippen molar-refractivity contribution in [3.63, 3.8) is 0 Å². The number of rotatable bonds is 77. The van der Waals surface area contributed by atoms with Crippen LogP contribution in [0.1, 0.15) is 407 Å². The Balaban J connectivity index is 5.21. The maximum atomic E-state index is 13.1. The molecule has 6 atom stereocenters. The van der Waals surface area contributed by atoms with E-state index in [0.29, 0.717) is 25.7 Å². The van der Waals surface area contributed by atoms with Gasteiger partial charge in [0.05, 0.1) is 26.4 Å². The molecule has 0 aliphatic carbocycles. The third-order valence-electron chi connectivity index (χ3n) is 18.4. The second kappa shape index (κ2) is 70.1. The van der Waals surface area contributed by atoms with E-state index in [9.17, 15) is 43.2 Å². The summed E-state index contributed by atoms with van der Waals surface area (Å²) in [4.78, 5) is 72.8. The van der Waals surface area contributed by atoms with Crippen molar-refractivity contribution in [1.29, 1.82) is 0 Å². The van der Waals surface area contributed by atoms with Gasteiger partial charge in [-0.2, -0.15) is 0 Å². The topological polar surface area (TPSA) is 237 Å². The first-order valence-electron chi connectivity index (χ1n) is 40.2. The second-order valence-electron chi connectivity index (χ2n) is 28.0. The molecule has 0 aromatic heterocycles. The molecule has 0 amide bonds. The third-order valence-corrected chi connectivity index (χ3v) is 20.3. The van der Waals surface area contributed by atoms with Crippen molar-refractivity contribution in [1.82, 2.24) is 0 Å². The molecule has 570 valence electrons. The van der Waals surface area contributed by atoms with E-state index in [-0.39, 0.29) is 25.7 Å². The Hall–Kier alpha value is -1.94. The molecule has 3 unspecified atom stereocenters. The summed E-state index contributed by atoms with van der Waals surface area (Å²) < 4.78 is 68.5. The van der Waals surface area contributed by atoms with Crippen molar-refractivity contribution in [3.05, 3.63) is 0 Å². The third kappa shape index (κ3) is 69.2. The molecule has 0 heterocycles. The average molecular weight is 1410 g/mol. The van der Waals surface area contributed by atoms with Crippen LogP contribution >= 0.6 is 15.6 Å². The van der Waals surface area contributed by atoms with Crippen LogP contribution < -0.4 is 0 Å². The van der Waals surface area contributed by atoms with Crippen molar-refractivity contribution < 1.29 is 80.2 Å². The number of carbonyl (C=O) groups is 4. The summed E-state index contributed by atoms with van der Waals surface area (Å²) in [6.07, 6.45) is 59.6. The molecule has 0 saturated heterocycles. The molecular weight excluding hydrogens is 1260 g/mol. The predicted molar refractivity (Wildman–Crippen MR) is 391 cm³/mol. The van der Waals surface area contributed by atoms with Gasteiger partial charge in [0.25, 0.3) is 0 Å². The molecule has 3 N–H and O–H groups in total. The normalized spacial score (nSPS) is 14.2. The summed E-state index contributed by atoms with van der Waals surface area (Å²) in [5, 5.41) is 10.6. The zero-order chi connectivity index (χ0) is 70.5. The number of hydrogen-bond donors (Lipinski definition) is 3. The monoisotopic (exact) mass is 1410 g/mol. The number of aliphatic hydroxyl groups excluding tert-OH is 1. The first-order valence-corrected chi connectivity index (χ1v) is 43.2. The molecule has 0 saturated carbocycles. The molecule has 0 fully saturated rings. The van der Waals surface area contributed by atoms with Gasteiger partial charge < -0.3 is 33.8 Å². The SMILES string of the molecule is CCCCCCCCCCCCCCCCCCCCCC(=O)O[C@H](COC(=O)CCCCCCCCCCCCCCCCC)COP(=O)(O)OC[C@@H](O)COP(=O)(O)OC[C@@H](COC(=O)CCCCCCCCCC)OC(=O)CCCCCCCCCCCCC(C)CC. The molecule has 0 aliphatic heterocycles. The van der Waals surface area contributed by atoms with Gasteiger partial charge in [0, 0.05) is 25.7 Å². The number of carbonyl (C=O) groups excluding carboxylic acids is 4. The lowest BCUT2D eigenvalue weighted by Gasteiger charge is -2.21. The lowest BCUT2D eigenvalue weighted by atomic mass is 9.99. The van der Waals surface area contributed by atoms with Gasteiger partial charge in [0.1, 0.15) is 19.3 Å². The molecule has 19 heteroatoms. The van der Waals surface area contributed by atoms with Crippen LogP contribution in [-0.4, -0.2) is 96.7 Å². The molecule has 0 bridgehead atoms. The molecular formula is C77H150O17P2. The number of aliphatic hydroxyl groups is 1. The van der Waals surface area contributed by atoms with Gasteiger partial charge in [-0.05, 0) is 31.6 Å². The Labute approximate surface area is 588 Å². The first-order chi connectivity index (χ1) is 46.6. The van der Waals surface area contributed by atoms with Crippen molar-refractivity contribution in [2.45, 2.75) is 425 Å². The Kier molecular flexibility index (Phi) is 68.7. The predicted octanol–water partition coefficient (Wildman–Crippen LogP) is 22.9. The zero-order valence-corrected chi connectivity index (χ0v) is 64.3. The quantitative estimate of drug-likeness (QED) is 0.0222. The van der Waals surface area contributed by atoms with Crippen molar-refractivity contribution in [3.8, 4) is 0 Å². The van der Waals surface area contributed by atoms with Gasteiger partial charge >= 0.3 is 39.5 Å². The minimum atomic E-state index is -4.96. The van der Waals surface area contributed by atoms with Gasteiger partial charge in [-0.25, -0.2) is 9.13 Å². The lowest BCUT2D eigenvalue weighted by Crippen LogP contribution is -2.30. The van der Waals surface area contributed by atoms with Gasteiger partial charge in [-0.1, -0.05) is 356 Å². The maximum absolute atomic E-state index is 13.1. The van der Waals surface area contributed by atoms with Crippen LogP contribution in [-0.2, 0) is 65.4 Å². The van der Waals surface area contributed by atoms with Crippen LogP contribution in [0.5, 0.6) is 0 Å². The molecule has 0 spiro atoms. The highest BCUT2D eigenvalue weighted by Gasteiger charge is 2.30. The highest BCUT2D eigenvalue weighted by Crippen LogP contribution is 2.45. The highest BCUT2D eigenvalue weighted by molar-refractivity contribution is 7.47. The van der Waals surface area contributed by atoms with E-state index < -0.39 is 97.5 Å². The largest absolute Gasteiger partial charge is 0.472 e. The minimum Gasteiger partial charge on any atom is -0.462 e. The number of hydrogen-bond acceptors (Lipinski definition) is 15. The van der Waals surface area contributed by atoms with Crippen LogP contribution in [0.2, 0.25) is 0 Å². The van der Waals surface area contributed by atoms with Crippen LogP contribution in [0.15, 0.2) is 0 Å². The van der Waals surface area contributed by atoms with Crippen LogP contribution in [0.25, 0.3) is 0 Å². The van der Waals surface area contributed by atoms with E-state index in [1.807, 2.05) is 0 Å². The summed E-state index contributed by atoms with van der Waals surface area (Å²) in [6, 6.07) is 0. The van der Waals surface area contributed by atoms with Crippen molar-refractivity contribution in [2.24, 2.45) is 5.92 Å². The molecule has 0 aliphatic rings. The Morgan fingerprint density at radius 3 is 0.740 bits per heavy atom. The molecule has 17 nitrogen and oxygen atoms in total. The highest BCUT2D eigenvalue weighted by atomic mass is 31.2. The van der Waals surface area contributed by atoms with E-state index in [0.717, 1.165) is 102 Å². The van der Waals surface area contributed by atoms with E-state index in [4.69, 9.17) is 37.0 Å². The van der Waals surface area contributed by atoms with Gasteiger partial charge in [0.2, 0.25) is 0 Å². The summed E-state index contributed by atoms with van der Waals surface area (Å²) in [5.41, 5.74) is 0. The fourth-order valence-electron chi connectivity index (χ4n) is 11.8. The second-order valence-corrected chi connectivity index (χ2v) is 30.9. The minimum absolute atomic E-state index is 0.106. The summed E-state index contributed by atoms with van der Waals surface area (Å²) >= 11 is 0. The van der Waals surface area contributed by atoms with Crippen molar-refractivity contribution in [2.75, 3.05) is 39.6 Å². The molecule has 0 aromatic rings. The number of ether oxygens (including phenoxy) is 4. The van der Waals surface area contributed by atoms with Gasteiger partial charge in [-0.3, -0.25) is 37.3 Å². The molecule has 0 rings (SSSR count). The summed E-state index contributed by atoms with van der Waals surface area (Å²) in [6.45, 7) is 7.30. The molecule has 96 heavy (non-hydrogen) atoms. The van der Waals surface area contributed by atoms with E-state index >= 15 is 0 Å². The number of unbranched alkanes of at least 4 members (excludes halogenated alkanes) is 48. The standard InChI is InChI=1S/C77H150O17P2/c1-6-10-13-16-19-22-24-26-28-29-30-31-33-35-37-42-47-52-57-62-76(81)94-73(67-88-75(80)61-56-51-46-41-36-34-32-27-25-23-20-17-14-11-7-2)69-92-96(85,86)90-65-71(78)64-89-95(83,84)91-68-72(66-87-74(79)60-55-50-45-21-18-15-12-8-3)93-77(82)63-58-53-48-43-39-38-40-44-49-54-59-70(5)9-4/h70-73,78H,6-69H2,1-5H3,(H,83,84)(H,85,86)/t70?,71-,72+,73+/m0/s1. The fraction of sp³-hybridized carbons (Fsp3) is 0.948. The Morgan fingerprint density at radius 1 is 0.292 bits per heavy atom. The van der Waals surface area contributed by atoms with Crippen LogP contribution in [0, 0.1) is 5.92 Å². The fourth-order valence-corrected chi connectivity index (χ4v) is 13.4. The smallest absolute Gasteiger partial charge is 0.462 e. The number of esters is 4. The van der Waals surface area contributed by atoms with Crippen molar-refractivity contribution >= 4 is 39.5 Å². The van der Waals surface area contributed by atoms with Crippen LogP contribution in [0.3, 0.4) is 0 Å². The number of phosphoric ester groups is 2. The molecule has 0 radical (unpaired) electrons. The molecule has 0 aromatic carbocycles. The lowest BCUT2D eigenvalue weighted by molar-refractivity contribution is -0.161. The average Bonchev–Trinajstić information content (AvgIpc) is 1.47. The first kappa shape index (κ1) is 94.1. The van der Waals surface area contributed by atoms with E-state index in [1.54, 1.807) is 0 Å². The van der Waals surface area contributed by atoms with E-state index in [1.165, 1.54) is 225 Å².